The maximum atomic E-state index is 9.52. The van der Waals surface area contributed by atoms with Gasteiger partial charge in [-0.25, -0.2) is 4.98 Å². The van der Waals surface area contributed by atoms with Gasteiger partial charge in [0.1, 0.15) is 17.6 Å². The van der Waals surface area contributed by atoms with Gasteiger partial charge in [0.25, 0.3) is 0 Å². The van der Waals surface area contributed by atoms with Gasteiger partial charge in [-0.15, -0.1) is 0 Å². The quantitative estimate of drug-likeness (QED) is 0.745. The van der Waals surface area contributed by atoms with Crippen molar-refractivity contribution < 1.29 is 4.74 Å². The molecular weight excluding hydrogens is 300 g/mol. The summed E-state index contributed by atoms with van der Waals surface area (Å²) in [5, 5.41) is 9.52. The Balaban J connectivity index is 2.03. The highest BCUT2D eigenvalue weighted by Crippen LogP contribution is 2.29. The van der Waals surface area contributed by atoms with E-state index in [0.29, 0.717) is 11.4 Å². The first kappa shape index (κ1) is 15.6. The topological polar surface area (TPSA) is 64.9 Å². The minimum absolute atomic E-state index is 0.478. The lowest BCUT2D eigenvalue weighted by molar-refractivity contribution is 0.415. The summed E-state index contributed by atoms with van der Waals surface area (Å²) < 4.78 is 5.44. The number of nitrogens with one attached hydrogen (secondary N) is 1. The first-order chi connectivity index (χ1) is 11.6. The number of aromatic amines is 1. The van der Waals surface area contributed by atoms with Crippen molar-refractivity contribution in [3.05, 3.63) is 53.9 Å². The van der Waals surface area contributed by atoms with Gasteiger partial charge in [0.15, 0.2) is 0 Å². The first-order valence-corrected chi connectivity index (χ1v) is 7.54. The molecule has 3 rings (SSSR count). The summed E-state index contributed by atoms with van der Waals surface area (Å²) in [4.78, 5) is 9.65. The second-order valence-corrected chi connectivity index (χ2v) is 5.60. The normalized spacial score (nSPS) is 11.3. The van der Waals surface area contributed by atoms with E-state index in [1.54, 1.807) is 13.2 Å². The molecule has 2 aromatic carbocycles. The predicted molar refractivity (Wildman–Crippen MR) is 96.9 cm³/mol. The highest BCUT2D eigenvalue weighted by atomic mass is 16.5. The largest absolute Gasteiger partial charge is 0.495 e. The number of nitriles is 1. The molecule has 0 saturated heterocycles. The average molecular weight is 318 g/mol. The minimum atomic E-state index is 0.478. The molecular formula is C19H18N4O. The van der Waals surface area contributed by atoms with Gasteiger partial charge in [0, 0.05) is 14.1 Å². The fraction of sp³-hybridized carbons (Fsp3) is 0.158. The number of imidazole rings is 1. The lowest BCUT2D eigenvalue weighted by atomic mass is 10.1. The SMILES string of the molecule is COc1cc(/C=C(\C#N)c2nc3ccccc3[nH]2)ccc1N(C)C. The van der Waals surface area contributed by atoms with Crippen molar-refractivity contribution in [2.24, 2.45) is 0 Å². The third-order valence-corrected chi connectivity index (χ3v) is 3.76. The molecule has 24 heavy (non-hydrogen) atoms. The minimum Gasteiger partial charge on any atom is -0.495 e. The van der Waals surface area contributed by atoms with E-state index >= 15 is 0 Å². The number of methoxy groups -OCH3 is 1. The molecule has 0 radical (unpaired) electrons. The Morgan fingerprint density at radius 3 is 2.71 bits per heavy atom. The van der Waals surface area contributed by atoms with Crippen LogP contribution in [0, 0.1) is 11.3 Å². The van der Waals surface area contributed by atoms with E-state index in [0.717, 1.165) is 28.0 Å². The number of hydrogen-bond donors (Lipinski definition) is 1. The van der Waals surface area contributed by atoms with Crippen LogP contribution in [0.1, 0.15) is 11.4 Å². The average Bonchev–Trinajstić information content (AvgIpc) is 3.03. The summed E-state index contributed by atoms with van der Waals surface area (Å²) >= 11 is 0. The monoisotopic (exact) mass is 318 g/mol. The van der Waals surface area contributed by atoms with Gasteiger partial charge in [0.2, 0.25) is 0 Å². The number of ether oxygens (including phenoxy) is 1. The highest BCUT2D eigenvalue weighted by Gasteiger charge is 2.09. The second kappa shape index (κ2) is 6.47. The van der Waals surface area contributed by atoms with Crippen LogP contribution in [0.4, 0.5) is 5.69 Å². The van der Waals surface area contributed by atoms with Crippen LogP contribution in [0.3, 0.4) is 0 Å². The predicted octanol–water partition coefficient (Wildman–Crippen LogP) is 3.70. The Morgan fingerprint density at radius 2 is 2.04 bits per heavy atom. The van der Waals surface area contributed by atoms with Crippen LogP contribution in [0.25, 0.3) is 22.7 Å². The summed E-state index contributed by atoms with van der Waals surface area (Å²) in [6.07, 6.45) is 1.81. The Labute approximate surface area is 140 Å². The van der Waals surface area contributed by atoms with Crippen molar-refractivity contribution in [3.63, 3.8) is 0 Å². The van der Waals surface area contributed by atoms with E-state index in [9.17, 15) is 5.26 Å². The molecule has 0 unspecified atom stereocenters. The molecule has 0 amide bonds. The van der Waals surface area contributed by atoms with Gasteiger partial charge in [-0.05, 0) is 35.9 Å². The van der Waals surface area contributed by atoms with Crippen molar-refractivity contribution in [3.8, 4) is 11.8 Å². The van der Waals surface area contributed by atoms with Crippen LogP contribution in [-0.2, 0) is 0 Å². The molecule has 0 saturated carbocycles. The van der Waals surface area contributed by atoms with Crippen LogP contribution in [0.5, 0.6) is 5.75 Å². The van der Waals surface area contributed by atoms with E-state index < -0.39 is 0 Å². The third-order valence-electron chi connectivity index (χ3n) is 3.76. The molecule has 3 aromatic rings. The van der Waals surface area contributed by atoms with Gasteiger partial charge >= 0.3 is 0 Å². The summed E-state index contributed by atoms with van der Waals surface area (Å²) in [7, 11) is 5.56. The zero-order chi connectivity index (χ0) is 17.1. The van der Waals surface area contributed by atoms with Crippen molar-refractivity contribution in [1.29, 1.82) is 5.26 Å². The molecule has 5 heteroatoms. The van der Waals surface area contributed by atoms with Crippen LogP contribution in [-0.4, -0.2) is 31.2 Å². The zero-order valence-electron chi connectivity index (χ0n) is 13.9. The molecule has 120 valence electrons. The molecule has 0 aliphatic carbocycles. The summed E-state index contributed by atoms with van der Waals surface area (Å²) in [5.41, 5.74) is 4.10. The lowest BCUT2D eigenvalue weighted by Gasteiger charge is -2.16. The highest BCUT2D eigenvalue weighted by molar-refractivity contribution is 5.90. The molecule has 1 aromatic heterocycles. The molecule has 0 fully saturated rings. The number of fused-ring (bicyclic) bond motifs is 1. The molecule has 0 atom stereocenters. The molecule has 1 heterocycles. The number of benzene rings is 2. The number of rotatable bonds is 4. The van der Waals surface area contributed by atoms with E-state index in [4.69, 9.17) is 4.74 Å². The van der Waals surface area contributed by atoms with E-state index in [1.165, 1.54) is 0 Å². The van der Waals surface area contributed by atoms with Gasteiger partial charge in [-0.3, -0.25) is 0 Å². The number of hydrogen-bond acceptors (Lipinski definition) is 4. The van der Waals surface area contributed by atoms with Crippen LogP contribution >= 0.6 is 0 Å². The van der Waals surface area contributed by atoms with Crippen LogP contribution < -0.4 is 9.64 Å². The fourth-order valence-electron chi connectivity index (χ4n) is 2.55. The lowest BCUT2D eigenvalue weighted by Crippen LogP contribution is -2.10. The Kier molecular flexibility index (Phi) is 4.21. The van der Waals surface area contributed by atoms with E-state index in [2.05, 4.69) is 16.0 Å². The maximum Gasteiger partial charge on any atom is 0.149 e. The van der Waals surface area contributed by atoms with Crippen molar-refractivity contribution in [2.45, 2.75) is 0 Å². The standard InChI is InChI=1S/C19H18N4O/c1-23(2)17-9-8-13(11-18(17)24-3)10-14(12-20)19-21-15-6-4-5-7-16(15)22-19/h4-11H,1-3H3,(H,21,22)/b14-10+. The van der Waals surface area contributed by atoms with E-state index in [-0.39, 0.29) is 0 Å². The second-order valence-electron chi connectivity index (χ2n) is 5.60. The fourth-order valence-corrected chi connectivity index (χ4v) is 2.55. The van der Waals surface area contributed by atoms with Crippen molar-refractivity contribution in [2.75, 3.05) is 26.1 Å². The summed E-state index contributed by atoms with van der Waals surface area (Å²) in [6, 6.07) is 15.8. The Bertz CT molecular complexity index is 914. The molecule has 0 spiro atoms. The van der Waals surface area contributed by atoms with Gasteiger partial charge in [-0.2, -0.15) is 5.26 Å². The molecule has 1 N–H and O–H groups in total. The van der Waals surface area contributed by atoms with Gasteiger partial charge in [-0.1, -0.05) is 18.2 Å². The number of nitrogens with zero attached hydrogens (tertiary/aromatic N) is 3. The van der Waals surface area contributed by atoms with Crippen LogP contribution in [0.15, 0.2) is 42.5 Å². The van der Waals surface area contributed by atoms with Crippen molar-refractivity contribution >= 4 is 28.4 Å². The Morgan fingerprint density at radius 1 is 1.25 bits per heavy atom. The number of anilines is 1. The summed E-state index contributed by atoms with van der Waals surface area (Å²) in [5.74, 6) is 1.32. The van der Waals surface area contributed by atoms with E-state index in [1.807, 2.05) is 61.5 Å². The number of para-hydroxylation sites is 2. The van der Waals surface area contributed by atoms with Gasteiger partial charge < -0.3 is 14.6 Å². The van der Waals surface area contributed by atoms with Crippen molar-refractivity contribution in [1.82, 2.24) is 9.97 Å². The molecule has 0 aliphatic rings. The van der Waals surface area contributed by atoms with Gasteiger partial charge in [0.05, 0.1) is 29.4 Å². The maximum absolute atomic E-state index is 9.52. The molecule has 5 nitrogen and oxygen atoms in total. The first-order valence-electron chi connectivity index (χ1n) is 7.54. The molecule has 0 aliphatic heterocycles. The smallest absolute Gasteiger partial charge is 0.149 e. The number of allylic oxidation sites excluding steroid dienone is 1. The number of H-pyrrole nitrogens is 1. The molecule has 0 bridgehead atoms. The van der Waals surface area contributed by atoms with Crippen LogP contribution in [0.2, 0.25) is 0 Å². The Hall–Kier alpha value is -3.26. The number of aromatic nitrogens is 2. The zero-order valence-corrected chi connectivity index (χ0v) is 13.9. The summed E-state index contributed by atoms with van der Waals surface area (Å²) in [6.45, 7) is 0. The third kappa shape index (κ3) is 2.95.